The first-order valence-electron chi connectivity index (χ1n) is 6.20. The Labute approximate surface area is 109 Å². The van der Waals surface area contributed by atoms with Gasteiger partial charge in [-0.2, -0.15) is 0 Å². The number of nitrogens with two attached hydrogens (primary N) is 1. The fourth-order valence-electron chi connectivity index (χ4n) is 1.79. The topological polar surface area (TPSA) is 60.6 Å². The van der Waals surface area contributed by atoms with E-state index in [0.29, 0.717) is 19.0 Å². The smallest absolute Gasteiger partial charge is 0.212 e. The van der Waals surface area contributed by atoms with Crippen molar-refractivity contribution in [2.75, 3.05) is 40.5 Å². The molecule has 0 aliphatic carbocycles. The number of hydrogen-bond donors (Lipinski definition) is 1. The molecule has 1 aromatic rings. The van der Waals surface area contributed by atoms with Crippen LogP contribution < -0.4 is 10.5 Å². The second-order valence-electron chi connectivity index (χ2n) is 4.06. The molecule has 0 spiro atoms. The second-order valence-corrected chi connectivity index (χ2v) is 4.06. The maximum Gasteiger partial charge on any atom is 0.212 e. The Bertz CT molecular complexity index is 330. The third-order valence-corrected chi connectivity index (χ3v) is 2.90. The summed E-state index contributed by atoms with van der Waals surface area (Å²) in [6.45, 7) is 4.85. The van der Waals surface area contributed by atoms with Crippen molar-refractivity contribution >= 4 is 0 Å². The number of aromatic nitrogens is 1. The van der Waals surface area contributed by atoms with Gasteiger partial charge >= 0.3 is 0 Å². The van der Waals surface area contributed by atoms with E-state index in [1.807, 2.05) is 32.3 Å². The van der Waals surface area contributed by atoms with Crippen LogP contribution in [0.1, 0.15) is 18.5 Å². The van der Waals surface area contributed by atoms with Gasteiger partial charge in [0.2, 0.25) is 5.88 Å². The van der Waals surface area contributed by atoms with Crippen molar-refractivity contribution < 1.29 is 9.47 Å². The van der Waals surface area contributed by atoms with Crippen LogP contribution in [0, 0.1) is 0 Å². The fourth-order valence-corrected chi connectivity index (χ4v) is 1.79. The lowest BCUT2D eigenvalue weighted by Gasteiger charge is -2.27. The van der Waals surface area contributed by atoms with Crippen LogP contribution >= 0.6 is 0 Å². The number of nitrogens with zero attached hydrogens (tertiary/aromatic N) is 2. The number of pyridine rings is 1. The minimum absolute atomic E-state index is 0.156. The van der Waals surface area contributed by atoms with Crippen molar-refractivity contribution in [1.29, 1.82) is 0 Å². The zero-order valence-electron chi connectivity index (χ0n) is 11.4. The van der Waals surface area contributed by atoms with Crippen molar-refractivity contribution in [3.63, 3.8) is 0 Å². The molecule has 0 aliphatic heterocycles. The Morgan fingerprint density at radius 1 is 1.44 bits per heavy atom. The zero-order chi connectivity index (χ0) is 13.4. The SMILES string of the molecule is CCOCCN(C)C(CN)c1ccc(OC)nc1. The summed E-state index contributed by atoms with van der Waals surface area (Å²) in [4.78, 5) is 6.39. The lowest BCUT2D eigenvalue weighted by atomic mass is 10.1. The van der Waals surface area contributed by atoms with Gasteiger partial charge in [0.15, 0.2) is 0 Å². The van der Waals surface area contributed by atoms with Gasteiger partial charge in [0.05, 0.1) is 13.7 Å². The van der Waals surface area contributed by atoms with Crippen LogP contribution in [0.5, 0.6) is 5.88 Å². The largest absolute Gasteiger partial charge is 0.481 e. The summed E-state index contributed by atoms with van der Waals surface area (Å²) >= 11 is 0. The van der Waals surface area contributed by atoms with E-state index in [2.05, 4.69) is 9.88 Å². The first-order chi connectivity index (χ1) is 8.72. The molecule has 0 amide bonds. The predicted molar refractivity (Wildman–Crippen MR) is 71.7 cm³/mol. The Kier molecular flexibility index (Phi) is 6.64. The van der Waals surface area contributed by atoms with Gasteiger partial charge in [0.1, 0.15) is 0 Å². The van der Waals surface area contributed by atoms with Crippen molar-refractivity contribution in [2.24, 2.45) is 5.73 Å². The summed E-state index contributed by atoms with van der Waals surface area (Å²) in [7, 11) is 3.65. The van der Waals surface area contributed by atoms with Gasteiger partial charge in [0, 0.05) is 38.0 Å². The van der Waals surface area contributed by atoms with Crippen LogP contribution in [0.15, 0.2) is 18.3 Å². The van der Waals surface area contributed by atoms with Gasteiger partial charge in [-0.1, -0.05) is 6.07 Å². The van der Waals surface area contributed by atoms with E-state index in [1.165, 1.54) is 0 Å². The predicted octanol–water partition coefficient (Wildman–Crippen LogP) is 1.06. The van der Waals surface area contributed by atoms with Crippen molar-refractivity contribution in [1.82, 2.24) is 9.88 Å². The molecule has 0 aliphatic rings. The van der Waals surface area contributed by atoms with E-state index in [9.17, 15) is 0 Å². The zero-order valence-corrected chi connectivity index (χ0v) is 11.4. The van der Waals surface area contributed by atoms with Crippen LogP contribution in [-0.4, -0.2) is 50.3 Å². The summed E-state index contributed by atoms with van der Waals surface area (Å²) < 4.78 is 10.4. The third-order valence-electron chi connectivity index (χ3n) is 2.90. The molecular formula is C13H23N3O2. The molecule has 0 bridgehead atoms. The lowest BCUT2D eigenvalue weighted by Crippen LogP contribution is -2.33. The number of likely N-dealkylation sites (N-methyl/N-ethyl adjacent to an activating group) is 1. The maximum absolute atomic E-state index is 5.84. The molecule has 0 fully saturated rings. The second kappa shape index (κ2) is 8.02. The molecule has 0 saturated carbocycles. The lowest BCUT2D eigenvalue weighted by molar-refractivity contribution is 0.108. The van der Waals surface area contributed by atoms with Gasteiger partial charge < -0.3 is 15.2 Å². The highest BCUT2D eigenvalue weighted by Crippen LogP contribution is 2.18. The molecule has 1 heterocycles. The van der Waals surface area contributed by atoms with E-state index in [-0.39, 0.29) is 6.04 Å². The summed E-state index contributed by atoms with van der Waals surface area (Å²) in [6.07, 6.45) is 1.81. The molecule has 5 heteroatoms. The number of hydrogen-bond acceptors (Lipinski definition) is 5. The molecular weight excluding hydrogens is 230 g/mol. The van der Waals surface area contributed by atoms with Crippen molar-refractivity contribution in [3.05, 3.63) is 23.9 Å². The molecule has 102 valence electrons. The fraction of sp³-hybridized carbons (Fsp3) is 0.615. The molecule has 1 rings (SSSR count). The highest BCUT2D eigenvalue weighted by molar-refractivity contribution is 5.21. The first kappa shape index (κ1) is 14.9. The summed E-state index contributed by atoms with van der Waals surface area (Å²) in [5, 5.41) is 0. The van der Waals surface area contributed by atoms with E-state index < -0.39 is 0 Å². The standard InChI is InChI=1S/C13H23N3O2/c1-4-18-8-7-16(2)12(9-14)11-5-6-13(17-3)15-10-11/h5-6,10,12H,4,7-9,14H2,1-3H3. The van der Waals surface area contributed by atoms with Crippen LogP contribution in [0.2, 0.25) is 0 Å². The van der Waals surface area contributed by atoms with E-state index in [1.54, 1.807) is 7.11 Å². The van der Waals surface area contributed by atoms with E-state index >= 15 is 0 Å². The summed E-state index contributed by atoms with van der Waals surface area (Å²) in [6, 6.07) is 4.01. The van der Waals surface area contributed by atoms with Crippen molar-refractivity contribution in [3.8, 4) is 5.88 Å². The quantitative estimate of drug-likeness (QED) is 0.702. The molecule has 0 radical (unpaired) electrons. The molecule has 18 heavy (non-hydrogen) atoms. The number of rotatable bonds is 8. The van der Waals surface area contributed by atoms with Gasteiger partial charge in [0.25, 0.3) is 0 Å². The Hall–Kier alpha value is -1.17. The van der Waals surface area contributed by atoms with Crippen LogP contribution in [0.4, 0.5) is 0 Å². The van der Waals surface area contributed by atoms with Gasteiger partial charge in [-0.25, -0.2) is 4.98 Å². The van der Waals surface area contributed by atoms with E-state index in [0.717, 1.165) is 18.7 Å². The van der Waals surface area contributed by atoms with Crippen LogP contribution in [0.3, 0.4) is 0 Å². The Balaban J connectivity index is 2.62. The Morgan fingerprint density at radius 3 is 2.72 bits per heavy atom. The highest BCUT2D eigenvalue weighted by Gasteiger charge is 2.15. The number of methoxy groups -OCH3 is 1. The van der Waals surface area contributed by atoms with Crippen molar-refractivity contribution in [2.45, 2.75) is 13.0 Å². The first-order valence-corrected chi connectivity index (χ1v) is 6.20. The number of ether oxygens (including phenoxy) is 2. The minimum Gasteiger partial charge on any atom is -0.481 e. The Morgan fingerprint density at radius 2 is 2.22 bits per heavy atom. The molecule has 1 unspecified atom stereocenters. The van der Waals surface area contributed by atoms with Crippen LogP contribution in [0.25, 0.3) is 0 Å². The molecule has 1 atom stereocenters. The highest BCUT2D eigenvalue weighted by atomic mass is 16.5. The molecule has 0 saturated heterocycles. The monoisotopic (exact) mass is 253 g/mol. The maximum atomic E-state index is 5.84. The molecule has 5 nitrogen and oxygen atoms in total. The average Bonchev–Trinajstić information content (AvgIpc) is 2.41. The molecule has 1 aromatic heterocycles. The molecule has 0 aromatic carbocycles. The summed E-state index contributed by atoms with van der Waals surface area (Å²) in [5.74, 6) is 0.617. The van der Waals surface area contributed by atoms with Crippen LogP contribution in [-0.2, 0) is 4.74 Å². The average molecular weight is 253 g/mol. The normalized spacial score (nSPS) is 12.7. The summed E-state index contributed by atoms with van der Waals surface area (Å²) in [5.41, 5.74) is 6.93. The van der Waals surface area contributed by atoms with Gasteiger partial charge in [-0.15, -0.1) is 0 Å². The molecule has 2 N–H and O–H groups in total. The van der Waals surface area contributed by atoms with Gasteiger partial charge in [-0.3, -0.25) is 4.90 Å². The third kappa shape index (κ3) is 4.25. The van der Waals surface area contributed by atoms with E-state index in [4.69, 9.17) is 15.2 Å². The van der Waals surface area contributed by atoms with Gasteiger partial charge in [-0.05, 0) is 19.5 Å². The minimum atomic E-state index is 0.156.